The fourth-order valence-corrected chi connectivity index (χ4v) is 4.56. The van der Waals surface area contributed by atoms with Gasteiger partial charge in [-0.3, -0.25) is 9.59 Å². The van der Waals surface area contributed by atoms with Crippen LogP contribution in [0.15, 0.2) is 29.2 Å². The van der Waals surface area contributed by atoms with Crippen LogP contribution in [0.1, 0.15) is 32.6 Å². The Morgan fingerprint density at radius 2 is 1.77 bits per heavy atom. The van der Waals surface area contributed by atoms with Crippen molar-refractivity contribution in [3.8, 4) is 0 Å². The summed E-state index contributed by atoms with van der Waals surface area (Å²) < 4.78 is -1.05. The fourth-order valence-electron chi connectivity index (χ4n) is 3.22. The largest absolute Gasteiger partial charge is 0.341 e. The highest BCUT2D eigenvalue weighted by atomic mass is 32.2. The van der Waals surface area contributed by atoms with Crippen molar-refractivity contribution in [3.05, 3.63) is 24.3 Å². The van der Waals surface area contributed by atoms with Gasteiger partial charge < -0.3 is 9.80 Å². The SMILES string of the molecule is CN1C(=O)[C@](C)(C(=O)N2CCCCCC2)Sc2ccccc21. The van der Waals surface area contributed by atoms with Crippen molar-refractivity contribution in [3.63, 3.8) is 0 Å². The molecule has 118 valence electrons. The smallest absolute Gasteiger partial charge is 0.252 e. The lowest BCUT2D eigenvalue weighted by atomic mass is 10.1. The van der Waals surface area contributed by atoms with Crippen molar-refractivity contribution in [1.82, 2.24) is 4.90 Å². The van der Waals surface area contributed by atoms with E-state index < -0.39 is 4.75 Å². The Bertz CT molecular complexity index is 596. The maximum absolute atomic E-state index is 13.1. The third-order valence-electron chi connectivity index (χ3n) is 4.55. The number of carbonyl (C=O) groups is 2. The molecule has 4 nitrogen and oxygen atoms in total. The van der Waals surface area contributed by atoms with Gasteiger partial charge in [-0.2, -0.15) is 0 Å². The molecule has 0 N–H and O–H groups in total. The quantitative estimate of drug-likeness (QED) is 0.748. The van der Waals surface area contributed by atoms with Crippen LogP contribution in [0.4, 0.5) is 5.69 Å². The molecule has 0 aromatic heterocycles. The molecule has 5 heteroatoms. The molecule has 2 aliphatic heterocycles. The number of rotatable bonds is 1. The second-order valence-corrected chi connectivity index (χ2v) is 7.63. The van der Waals surface area contributed by atoms with Crippen molar-refractivity contribution < 1.29 is 9.59 Å². The molecule has 0 saturated carbocycles. The number of hydrogen-bond donors (Lipinski definition) is 0. The van der Waals surface area contributed by atoms with Crippen molar-refractivity contribution in [2.75, 3.05) is 25.0 Å². The maximum atomic E-state index is 13.1. The molecular formula is C17H22N2O2S. The van der Waals surface area contributed by atoms with Crippen LogP contribution in [0.5, 0.6) is 0 Å². The molecule has 0 bridgehead atoms. The van der Waals surface area contributed by atoms with Gasteiger partial charge in [-0.1, -0.05) is 36.7 Å². The number of amides is 2. The van der Waals surface area contributed by atoms with E-state index in [1.54, 1.807) is 18.9 Å². The van der Waals surface area contributed by atoms with Crippen LogP contribution < -0.4 is 4.90 Å². The van der Waals surface area contributed by atoms with Crippen molar-refractivity contribution >= 4 is 29.3 Å². The highest BCUT2D eigenvalue weighted by Crippen LogP contribution is 2.45. The zero-order chi connectivity index (χ0) is 15.7. The molecule has 22 heavy (non-hydrogen) atoms. The van der Waals surface area contributed by atoms with E-state index in [0.29, 0.717) is 0 Å². The summed E-state index contributed by atoms with van der Waals surface area (Å²) in [5, 5.41) is 0. The van der Waals surface area contributed by atoms with E-state index in [1.807, 2.05) is 29.2 Å². The molecule has 0 spiro atoms. The average Bonchev–Trinajstić information content (AvgIpc) is 2.81. The van der Waals surface area contributed by atoms with Gasteiger partial charge in [0.05, 0.1) is 5.69 Å². The van der Waals surface area contributed by atoms with Crippen LogP contribution >= 0.6 is 11.8 Å². The summed E-state index contributed by atoms with van der Waals surface area (Å²) in [5.41, 5.74) is 0.888. The van der Waals surface area contributed by atoms with E-state index in [9.17, 15) is 9.59 Å². The van der Waals surface area contributed by atoms with Crippen LogP contribution in [0, 0.1) is 0 Å². The Labute approximate surface area is 135 Å². The Morgan fingerprint density at radius 3 is 2.45 bits per heavy atom. The summed E-state index contributed by atoms with van der Waals surface area (Å²) in [5.74, 6) is -0.156. The van der Waals surface area contributed by atoms with Crippen LogP contribution in [-0.2, 0) is 9.59 Å². The van der Waals surface area contributed by atoms with E-state index in [2.05, 4.69) is 0 Å². The molecule has 0 radical (unpaired) electrons. The van der Waals surface area contributed by atoms with Gasteiger partial charge in [0.25, 0.3) is 5.91 Å². The topological polar surface area (TPSA) is 40.6 Å². The molecular weight excluding hydrogens is 296 g/mol. The van der Waals surface area contributed by atoms with Crippen LogP contribution in [0.25, 0.3) is 0 Å². The molecule has 1 aromatic rings. The van der Waals surface area contributed by atoms with Crippen molar-refractivity contribution in [1.29, 1.82) is 0 Å². The zero-order valence-electron chi connectivity index (χ0n) is 13.2. The van der Waals surface area contributed by atoms with Crippen LogP contribution in [-0.4, -0.2) is 41.6 Å². The van der Waals surface area contributed by atoms with Gasteiger partial charge in [0.2, 0.25) is 5.91 Å². The minimum Gasteiger partial charge on any atom is -0.341 e. The standard InChI is InChI=1S/C17H22N2O2S/c1-17(16(21)19-11-7-3-4-8-12-19)15(20)18(2)13-9-5-6-10-14(13)22-17/h5-6,9-10H,3-4,7-8,11-12H2,1-2H3/t17-/m1/s1. The minimum absolute atomic E-state index is 0.0363. The van der Waals surface area contributed by atoms with E-state index in [0.717, 1.165) is 36.5 Å². The summed E-state index contributed by atoms with van der Waals surface area (Å²) in [6.07, 6.45) is 4.41. The molecule has 1 saturated heterocycles. The predicted octanol–water partition coefficient (Wildman–Crippen LogP) is 2.92. The van der Waals surface area contributed by atoms with Gasteiger partial charge in [0.15, 0.2) is 4.75 Å². The molecule has 1 aromatic carbocycles. The number of hydrogen-bond acceptors (Lipinski definition) is 3. The molecule has 0 aliphatic carbocycles. The Hall–Kier alpha value is -1.49. The highest BCUT2D eigenvalue weighted by molar-refractivity contribution is 8.02. The number of thioether (sulfide) groups is 1. The first-order valence-electron chi connectivity index (χ1n) is 7.89. The predicted molar refractivity (Wildman–Crippen MR) is 89.2 cm³/mol. The molecule has 1 atom stereocenters. The maximum Gasteiger partial charge on any atom is 0.252 e. The van der Waals surface area contributed by atoms with E-state index in [1.165, 1.54) is 24.6 Å². The molecule has 3 rings (SSSR count). The average molecular weight is 318 g/mol. The Morgan fingerprint density at radius 1 is 1.14 bits per heavy atom. The summed E-state index contributed by atoms with van der Waals surface area (Å²) in [7, 11) is 1.76. The Balaban J connectivity index is 1.91. The lowest BCUT2D eigenvalue weighted by Crippen LogP contribution is -2.56. The van der Waals surface area contributed by atoms with Crippen molar-refractivity contribution in [2.45, 2.75) is 42.2 Å². The van der Waals surface area contributed by atoms with Gasteiger partial charge in [-0.05, 0) is 31.9 Å². The first-order chi connectivity index (χ1) is 10.5. The number of fused-ring (bicyclic) bond motifs is 1. The van der Waals surface area contributed by atoms with Crippen molar-refractivity contribution in [2.24, 2.45) is 0 Å². The molecule has 1 fully saturated rings. The minimum atomic E-state index is -1.05. The number of anilines is 1. The second-order valence-electron chi connectivity index (χ2n) is 6.17. The number of carbonyl (C=O) groups excluding carboxylic acids is 2. The lowest BCUT2D eigenvalue weighted by Gasteiger charge is -2.39. The van der Waals surface area contributed by atoms with E-state index >= 15 is 0 Å². The van der Waals surface area contributed by atoms with Gasteiger partial charge >= 0.3 is 0 Å². The first kappa shape index (κ1) is 15.4. The normalized spacial score (nSPS) is 25.6. The summed E-state index contributed by atoms with van der Waals surface area (Å²) >= 11 is 1.40. The number of para-hydroxylation sites is 1. The highest BCUT2D eigenvalue weighted by Gasteiger charge is 2.49. The fraction of sp³-hybridized carbons (Fsp3) is 0.529. The number of nitrogens with zero attached hydrogens (tertiary/aromatic N) is 2. The van der Waals surface area contributed by atoms with E-state index in [4.69, 9.17) is 0 Å². The second kappa shape index (κ2) is 5.95. The molecule has 2 amide bonds. The first-order valence-corrected chi connectivity index (χ1v) is 8.71. The molecule has 0 unspecified atom stereocenters. The lowest BCUT2D eigenvalue weighted by molar-refractivity contribution is -0.138. The number of benzene rings is 1. The summed E-state index contributed by atoms with van der Waals surface area (Å²) in [6, 6.07) is 7.78. The monoisotopic (exact) mass is 318 g/mol. The van der Waals surface area contributed by atoms with Crippen LogP contribution in [0.2, 0.25) is 0 Å². The van der Waals surface area contributed by atoms with Gasteiger partial charge in [-0.25, -0.2) is 0 Å². The number of likely N-dealkylation sites (tertiary alicyclic amines) is 1. The van der Waals surface area contributed by atoms with Crippen LogP contribution in [0.3, 0.4) is 0 Å². The Kier molecular flexibility index (Phi) is 4.17. The third-order valence-corrected chi connectivity index (χ3v) is 5.88. The third kappa shape index (κ3) is 2.51. The summed E-state index contributed by atoms with van der Waals surface area (Å²) in [4.78, 5) is 30.4. The summed E-state index contributed by atoms with van der Waals surface area (Å²) in [6.45, 7) is 3.32. The molecule has 2 aliphatic rings. The molecule has 2 heterocycles. The zero-order valence-corrected chi connectivity index (χ0v) is 14.0. The van der Waals surface area contributed by atoms with Gasteiger partial charge in [0.1, 0.15) is 0 Å². The van der Waals surface area contributed by atoms with Gasteiger partial charge in [-0.15, -0.1) is 0 Å². The van der Waals surface area contributed by atoms with E-state index in [-0.39, 0.29) is 11.8 Å². The van der Waals surface area contributed by atoms with Gasteiger partial charge in [0, 0.05) is 25.0 Å².